The van der Waals surface area contributed by atoms with Gasteiger partial charge in [0.25, 0.3) is 5.91 Å². The van der Waals surface area contributed by atoms with Gasteiger partial charge in [-0.1, -0.05) is 0 Å². The summed E-state index contributed by atoms with van der Waals surface area (Å²) in [5.74, 6) is -0.144. The van der Waals surface area contributed by atoms with E-state index in [0.717, 1.165) is 19.3 Å². The maximum Gasteiger partial charge on any atom is 0.276 e. The molecule has 0 atom stereocenters. The summed E-state index contributed by atoms with van der Waals surface area (Å²) in [5.41, 5.74) is 17.6. The molecule has 0 bridgehead atoms. The Morgan fingerprint density at radius 1 is 0.905 bits per heavy atom. The zero-order valence-corrected chi connectivity index (χ0v) is 11.4. The fourth-order valence-electron chi connectivity index (χ4n) is 2.40. The van der Waals surface area contributed by atoms with Gasteiger partial charge >= 0.3 is 0 Å². The van der Waals surface area contributed by atoms with Crippen molar-refractivity contribution in [3.63, 3.8) is 0 Å². The van der Waals surface area contributed by atoms with Crippen molar-refractivity contribution >= 4 is 34.7 Å². The quantitative estimate of drug-likeness (QED) is 0.652. The summed E-state index contributed by atoms with van der Waals surface area (Å²) in [6, 6.07) is 0. The van der Waals surface area contributed by atoms with Crippen molar-refractivity contribution in [2.45, 2.75) is 19.3 Å². The molecule has 3 rings (SSSR count). The van der Waals surface area contributed by atoms with Crippen molar-refractivity contribution in [3.05, 3.63) is 5.69 Å². The maximum absolute atomic E-state index is 12.5. The van der Waals surface area contributed by atoms with E-state index in [2.05, 4.69) is 19.9 Å². The number of hydrogen-bond donors (Lipinski definition) is 3. The van der Waals surface area contributed by atoms with E-state index in [1.807, 2.05) is 0 Å². The summed E-state index contributed by atoms with van der Waals surface area (Å²) in [4.78, 5) is 30.2. The lowest BCUT2D eigenvalue weighted by molar-refractivity contribution is 0.0719. The number of fused-ring (bicyclic) bond motifs is 1. The molecule has 1 saturated heterocycles. The first-order valence-electron chi connectivity index (χ1n) is 6.72. The standard InChI is InChI=1S/C12H16N8O/c13-8-6-10(19-12(15)18-8)17-9(14)7(16-6)11(21)20-4-2-1-3-5-20/h1-5H2,(H6,13,14,15,17,18,19). The Bertz CT molecular complexity index is 710. The Morgan fingerprint density at radius 3 is 2.33 bits per heavy atom. The highest BCUT2D eigenvalue weighted by Gasteiger charge is 2.23. The average Bonchev–Trinajstić information content (AvgIpc) is 2.46. The molecule has 3 heterocycles. The summed E-state index contributed by atoms with van der Waals surface area (Å²) >= 11 is 0. The second-order valence-corrected chi connectivity index (χ2v) is 4.95. The number of hydrogen-bond acceptors (Lipinski definition) is 8. The molecule has 0 radical (unpaired) electrons. The van der Waals surface area contributed by atoms with Gasteiger partial charge in [-0.2, -0.15) is 9.97 Å². The topological polar surface area (TPSA) is 150 Å². The molecule has 2 aromatic heterocycles. The van der Waals surface area contributed by atoms with Gasteiger partial charge in [0.2, 0.25) is 5.95 Å². The Kier molecular flexibility index (Phi) is 3.16. The summed E-state index contributed by atoms with van der Waals surface area (Å²) in [7, 11) is 0. The van der Waals surface area contributed by atoms with Gasteiger partial charge in [0.1, 0.15) is 0 Å². The molecule has 1 fully saturated rings. The van der Waals surface area contributed by atoms with E-state index in [9.17, 15) is 4.79 Å². The van der Waals surface area contributed by atoms with Gasteiger partial charge < -0.3 is 22.1 Å². The van der Waals surface area contributed by atoms with Gasteiger partial charge in [-0.25, -0.2) is 9.97 Å². The first-order valence-corrected chi connectivity index (χ1v) is 6.72. The second kappa shape index (κ2) is 5.00. The van der Waals surface area contributed by atoms with Gasteiger partial charge in [0.15, 0.2) is 28.5 Å². The highest BCUT2D eigenvalue weighted by molar-refractivity contribution is 5.99. The molecular weight excluding hydrogens is 272 g/mol. The molecular formula is C12H16N8O. The van der Waals surface area contributed by atoms with Crippen LogP contribution in [0.25, 0.3) is 11.2 Å². The van der Waals surface area contributed by atoms with Gasteiger partial charge in [-0.3, -0.25) is 4.79 Å². The van der Waals surface area contributed by atoms with Crippen LogP contribution in [-0.4, -0.2) is 43.8 Å². The predicted molar refractivity (Wildman–Crippen MR) is 78.1 cm³/mol. The number of nitrogens with two attached hydrogens (primary N) is 3. The third-order valence-corrected chi connectivity index (χ3v) is 3.45. The van der Waals surface area contributed by atoms with Crippen molar-refractivity contribution < 1.29 is 4.79 Å². The van der Waals surface area contributed by atoms with Gasteiger partial charge in [-0.05, 0) is 19.3 Å². The molecule has 110 valence electrons. The molecule has 2 aromatic rings. The number of likely N-dealkylation sites (tertiary alicyclic amines) is 1. The van der Waals surface area contributed by atoms with Crippen molar-refractivity contribution in [2.75, 3.05) is 30.3 Å². The number of nitrogen functional groups attached to an aromatic ring is 3. The highest BCUT2D eigenvalue weighted by Crippen LogP contribution is 2.20. The monoisotopic (exact) mass is 288 g/mol. The van der Waals surface area contributed by atoms with Crippen molar-refractivity contribution in [2.24, 2.45) is 0 Å². The zero-order valence-electron chi connectivity index (χ0n) is 11.4. The second-order valence-electron chi connectivity index (χ2n) is 4.95. The number of rotatable bonds is 1. The van der Waals surface area contributed by atoms with E-state index in [-0.39, 0.29) is 40.3 Å². The zero-order chi connectivity index (χ0) is 15.0. The Hall–Kier alpha value is -2.71. The summed E-state index contributed by atoms with van der Waals surface area (Å²) < 4.78 is 0. The normalized spacial score (nSPS) is 15.3. The Morgan fingerprint density at radius 2 is 1.62 bits per heavy atom. The van der Waals surface area contributed by atoms with Gasteiger partial charge in [0, 0.05) is 13.1 Å². The lowest BCUT2D eigenvalue weighted by Crippen LogP contribution is -2.36. The molecule has 0 aromatic carbocycles. The van der Waals surface area contributed by atoms with E-state index < -0.39 is 0 Å². The number of anilines is 3. The number of piperidine rings is 1. The third-order valence-electron chi connectivity index (χ3n) is 3.45. The van der Waals surface area contributed by atoms with Gasteiger partial charge in [-0.15, -0.1) is 0 Å². The minimum Gasteiger partial charge on any atom is -0.382 e. The first-order chi connectivity index (χ1) is 10.1. The van der Waals surface area contributed by atoms with Crippen LogP contribution < -0.4 is 17.2 Å². The van der Waals surface area contributed by atoms with Crippen LogP contribution in [0.1, 0.15) is 29.8 Å². The highest BCUT2D eigenvalue weighted by atomic mass is 16.2. The Balaban J connectivity index is 2.06. The van der Waals surface area contributed by atoms with E-state index in [0.29, 0.717) is 13.1 Å². The number of amides is 1. The molecule has 1 amide bonds. The first kappa shape index (κ1) is 13.3. The smallest absolute Gasteiger partial charge is 0.276 e. The van der Waals surface area contributed by atoms with E-state index in [1.165, 1.54) is 0 Å². The molecule has 9 heteroatoms. The predicted octanol–water partition coefficient (Wildman–Crippen LogP) is -0.208. The average molecular weight is 288 g/mol. The van der Waals surface area contributed by atoms with Crippen LogP contribution in [0.15, 0.2) is 0 Å². The lowest BCUT2D eigenvalue weighted by atomic mass is 10.1. The summed E-state index contributed by atoms with van der Waals surface area (Å²) in [6.07, 6.45) is 3.09. The van der Waals surface area contributed by atoms with Crippen molar-refractivity contribution in [3.8, 4) is 0 Å². The van der Waals surface area contributed by atoms with Crippen LogP contribution in [0.4, 0.5) is 17.6 Å². The number of aromatic nitrogens is 4. The Labute approximate surface area is 120 Å². The van der Waals surface area contributed by atoms with Crippen LogP contribution in [-0.2, 0) is 0 Å². The third kappa shape index (κ3) is 2.37. The van der Waals surface area contributed by atoms with E-state index in [4.69, 9.17) is 17.2 Å². The fraction of sp³-hybridized carbons (Fsp3) is 0.417. The minimum atomic E-state index is -0.238. The van der Waals surface area contributed by atoms with Crippen molar-refractivity contribution in [1.82, 2.24) is 24.8 Å². The van der Waals surface area contributed by atoms with E-state index >= 15 is 0 Å². The largest absolute Gasteiger partial charge is 0.382 e. The lowest BCUT2D eigenvalue weighted by Gasteiger charge is -2.26. The summed E-state index contributed by atoms with van der Waals surface area (Å²) in [5, 5.41) is 0. The van der Waals surface area contributed by atoms with Crippen LogP contribution in [0.3, 0.4) is 0 Å². The molecule has 0 saturated carbocycles. The van der Waals surface area contributed by atoms with Crippen LogP contribution in [0, 0.1) is 0 Å². The van der Waals surface area contributed by atoms with Gasteiger partial charge in [0.05, 0.1) is 0 Å². The molecule has 1 aliphatic heterocycles. The minimum absolute atomic E-state index is 0.0104. The number of carbonyl (C=O) groups excluding carboxylic acids is 1. The molecule has 0 aliphatic carbocycles. The number of nitrogens with zero attached hydrogens (tertiary/aromatic N) is 5. The van der Waals surface area contributed by atoms with Crippen LogP contribution in [0.2, 0.25) is 0 Å². The molecule has 1 aliphatic rings. The maximum atomic E-state index is 12.5. The van der Waals surface area contributed by atoms with E-state index in [1.54, 1.807) is 4.90 Å². The molecule has 6 N–H and O–H groups in total. The SMILES string of the molecule is Nc1nc(N)c2nc(C(=O)N3CCCCC3)c(N)nc2n1. The summed E-state index contributed by atoms with van der Waals surface area (Å²) in [6.45, 7) is 1.40. The van der Waals surface area contributed by atoms with Crippen LogP contribution >= 0.6 is 0 Å². The molecule has 0 unspecified atom stereocenters. The fourth-order valence-corrected chi connectivity index (χ4v) is 2.40. The molecule has 9 nitrogen and oxygen atoms in total. The van der Waals surface area contributed by atoms with Crippen LogP contribution in [0.5, 0.6) is 0 Å². The molecule has 0 spiro atoms. The molecule has 21 heavy (non-hydrogen) atoms. The van der Waals surface area contributed by atoms with Crippen molar-refractivity contribution in [1.29, 1.82) is 0 Å². The number of carbonyl (C=O) groups is 1.